The number of rotatable bonds is 3. The van der Waals surface area contributed by atoms with Crippen LogP contribution in [-0.4, -0.2) is 9.97 Å². The fraction of sp³-hybridized carbons (Fsp3) is 0.143. The van der Waals surface area contributed by atoms with E-state index in [1.54, 1.807) is 18.2 Å². The Kier molecular flexibility index (Phi) is 3.29. The summed E-state index contributed by atoms with van der Waals surface area (Å²) in [6.45, 7) is 0. The molecule has 2 aromatic heterocycles. The van der Waals surface area contributed by atoms with Gasteiger partial charge in [-0.3, -0.25) is 0 Å². The lowest BCUT2D eigenvalue weighted by atomic mass is 10.1. The van der Waals surface area contributed by atoms with Gasteiger partial charge in [0.2, 0.25) is 0 Å². The normalized spacial score (nSPS) is 11.1. The quantitative estimate of drug-likeness (QED) is 0.687. The molecule has 0 aliphatic rings. The van der Waals surface area contributed by atoms with Crippen LogP contribution in [0.5, 0.6) is 0 Å². The maximum Gasteiger partial charge on any atom is 0.199 e. The summed E-state index contributed by atoms with van der Waals surface area (Å²) in [4.78, 5) is 8.49. The number of nitrogens with zero attached hydrogens (tertiary/aromatic N) is 2. The number of hydrogen-bond donors (Lipinski definition) is 0. The molecule has 1 aromatic carbocycles. The molecule has 96 valence electrons. The molecule has 3 rings (SSSR count). The third kappa shape index (κ3) is 2.66. The van der Waals surface area contributed by atoms with Crippen LogP contribution in [0.15, 0.2) is 45.4 Å². The second kappa shape index (κ2) is 5.09. The zero-order valence-corrected chi connectivity index (χ0v) is 11.5. The molecule has 0 radical (unpaired) electrons. The van der Waals surface area contributed by atoms with Gasteiger partial charge < -0.3 is 4.42 Å². The smallest absolute Gasteiger partial charge is 0.199 e. The van der Waals surface area contributed by atoms with E-state index in [9.17, 15) is 4.39 Å². The van der Waals surface area contributed by atoms with Gasteiger partial charge in [0, 0.05) is 6.42 Å². The van der Waals surface area contributed by atoms with Crippen molar-refractivity contribution in [3.05, 3.63) is 58.3 Å². The van der Waals surface area contributed by atoms with Gasteiger partial charge in [-0.1, -0.05) is 18.2 Å². The predicted molar refractivity (Wildman–Crippen MR) is 73.3 cm³/mol. The topological polar surface area (TPSA) is 38.9 Å². The SMILES string of the molecule is Fc1ccccc1CCc1nc2nc(Br)ccc2o1. The first-order valence-corrected chi connectivity index (χ1v) is 6.67. The lowest BCUT2D eigenvalue weighted by Gasteiger charge is -1.99. The van der Waals surface area contributed by atoms with Crippen LogP contribution in [0.25, 0.3) is 11.2 Å². The van der Waals surface area contributed by atoms with E-state index in [4.69, 9.17) is 4.42 Å². The first kappa shape index (κ1) is 12.3. The summed E-state index contributed by atoms with van der Waals surface area (Å²) in [6, 6.07) is 10.3. The third-order valence-corrected chi connectivity index (χ3v) is 3.27. The summed E-state index contributed by atoms with van der Waals surface area (Å²) in [7, 11) is 0. The van der Waals surface area contributed by atoms with Crippen LogP contribution in [-0.2, 0) is 12.8 Å². The second-order valence-corrected chi connectivity index (χ2v) is 4.97. The number of aryl methyl sites for hydroxylation is 2. The summed E-state index contributed by atoms with van der Waals surface area (Å²) in [5.41, 5.74) is 1.88. The zero-order valence-electron chi connectivity index (χ0n) is 9.94. The first-order valence-electron chi connectivity index (χ1n) is 5.88. The predicted octanol–water partition coefficient (Wildman–Crippen LogP) is 3.91. The molecule has 0 N–H and O–H groups in total. The number of fused-ring (bicyclic) bond motifs is 1. The minimum atomic E-state index is -0.195. The van der Waals surface area contributed by atoms with Crippen molar-refractivity contribution in [2.24, 2.45) is 0 Å². The Balaban J connectivity index is 1.80. The van der Waals surface area contributed by atoms with Crippen LogP contribution in [0.4, 0.5) is 4.39 Å². The van der Waals surface area contributed by atoms with Gasteiger partial charge in [0.25, 0.3) is 0 Å². The molecule has 0 aliphatic heterocycles. The monoisotopic (exact) mass is 320 g/mol. The molecule has 19 heavy (non-hydrogen) atoms. The Morgan fingerprint density at radius 2 is 1.89 bits per heavy atom. The highest BCUT2D eigenvalue weighted by Gasteiger charge is 2.08. The summed E-state index contributed by atoms with van der Waals surface area (Å²) in [5.74, 6) is 0.378. The molecule has 5 heteroatoms. The molecule has 0 aliphatic carbocycles. The minimum absolute atomic E-state index is 0.195. The number of aromatic nitrogens is 2. The summed E-state index contributed by atoms with van der Waals surface area (Å²) < 4.78 is 19.8. The van der Waals surface area contributed by atoms with Gasteiger partial charge in [0.05, 0.1) is 0 Å². The Labute approximate surface area is 117 Å². The van der Waals surface area contributed by atoms with Gasteiger partial charge in [-0.2, -0.15) is 4.98 Å². The van der Waals surface area contributed by atoms with Crippen molar-refractivity contribution < 1.29 is 8.81 Å². The highest BCUT2D eigenvalue weighted by Crippen LogP contribution is 2.18. The van der Waals surface area contributed by atoms with Crippen molar-refractivity contribution in [3.8, 4) is 0 Å². The lowest BCUT2D eigenvalue weighted by Crippen LogP contribution is -1.94. The Morgan fingerprint density at radius 1 is 1.05 bits per heavy atom. The van der Waals surface area contributed by atoms with Crippen molar-refractivity contribution >= 4 is 27.2 Å². The van der Waals surface area contributed by atoms with Crippen molar-refractivity contribution in [3.63, 3.8) is 0 Å². The van der Waals surface area contributed by atoms with Crippen LogP contribution >= 0.6 is 15.9 Å². The molecule has 3 aromatic rings. The summed E-state index contributed by atoms with van der Waals surface area (Å²) in [6.07, 6.45) is 1.11. The average Bonchev–Trinajstić information content (AvgIpc) is 2.79. The van der Waals surface area contributed by atoms with Crippen molar-refractivity contribution in [2.75, 3.05) is 0 Å². The molecule has 0 unspecified atom stereocenters. The van der Waals surface area contributed by atoms with E-state index in [2.05, 4.69) is 25.9 Å². The molecule has 0 amide bonds. The lowest BCUT2D eigenvalue weighted by molar-refractivity contribution is 0.523. The van der Waals surface area contributed by atoms with Crippen LogP contribution in [0, 0.1) is 5.82 Å². The van der Waals surface area contributed by atoms with E-state index in [0.717, 1.165) is 0 Å². The fourth-order valence-corrected chi connectivity index (χ4v) is 2.19. The van der Waals surface area contributed by atoms with Gasteiger partial charge in [0.1, 0.15) is 10.4 Å². The average molecular weight is 321 g/mol. The van der Waals surface area contributed by atoms with E-state index in [-0.39, 0.29) is 5.82 Å². The largest absolute Gasteiger partial charge is 0.439 e. The second-order valence-electron chi connectivity index (χ2n) is 4.15. The summed E-state index contributed by atoms with van der Waals surface area (Å²) >= 11 is 3.28. The maximum atomic E-state index is 13.5. The maximum absolute atomic E-state index is 13.5. The molecule has 0 bridgehead atoms. The van der Waals surface area contributed by atoms with Crippen LogP contribution in [0.2, 0.25) is 0 Å². The summed E-state index contributed by atoms with van der Waals surface area (Å²) in [5, 5.41) is 0. The van der Waals surface area contributed by atoms with Crippen LogP contribution in [0.3, 0.4) is 0 Å². The van der Waals surface area contributed by atoms with Gasteiger partial charge >= 0.3 is 0 Å². The number of oxazole rings is 1. The Hall–Kier alpha value is -1.75. The van der Waals surface area contributed by atoms with E-state index in [1.807, 2.05) is 12.1 Å². The molecule has 2 heterocycles. The standard InChI is InChI=1S/C14H10BrFN2O/c15-12-7-6-11-14(17-12)18-13(19-11)8-5-9-3-1-2-4-10(9)16/h1-4,6-7H,5,8H2. The van der Waals surface area contributed by atoms with Crippen molar-refractivity contribution in [1.82, 2.24) is 9.97 Å². The number of halogens is 2. The first-order chi connectivity index (χ1) is 9.22. The molecular weight excluding hydrogens is 311 g/mol. The van der Waals surface area contributed by atoms with Gasteiger partial charge in [0.15, 0.2) is 17.1 Å². The fourth-order valence-electron chi connectivity index (χ4n) is 1.89. The molecule has 0 spiro atoms. The van der Waals surface area contributed by atoms with E-state index in [0.29, 0.717) is 40.1 Å². The molecule has 3 nitrogen and oxygen atoms in total. The molecule has 0 saturated heterocycles. The zero-order chi connectivity index (χ0) is 13.2. The molecule has 0 atom stereocenters. The number of hydrogen-bond acceptors (Lipinski definition) is 3. The highest BCUT2D eigenvalue weighted by molar-refractivity contribution is 9.10. The molecule has 0 saturated carbocycles. The van der Waals surface area contributed by atoms with E-state index >= 15 is 0 Å². The Bertz CT molecular complexity index is 726. The van der Waals surface area contributed by atoms with Crippen molar-refractivity contribution in [2.45, 2.75) is 12.8 Å². The molecule has 0 fully saturated rings. The van der Waals surface area contributed by atoms with E-state index in [1.165, 1.54) is 6.07 Å². The number of benzene rings is 1. The highest BCUT2D eigenvalue weighted by atomic mass is 79.9. The third-order valence-electron chi connectivity index (χ3n) is 2.83. The van der Waals surface area contributed by atoms with Crippen molar-refractivity contribution in [1.29, 1.82) is 0 Å². The Morgan fingerprint density at radius 3 is 2.74 bits per heavy atom. The minimum Gasteiger partial charge on any atom is -0.439 e. The van der Waals surface area contributed by atoms with Gasteiger partial charge in [-0.25, -0.2) is 9.37 Å². The van der Waals surface area contributed by atoms with E-state index < -0.39 is 0 Å². The van der Waals surface area contributed by atoms with Gasteiger partial charge in [-0.05, 0) is 46.1 Å². The molecular formula is C14H10BrFN2O. The van der Waals surface area contributed by atoms with Crippen LogP contribution in [0.1, 0.15) is 11.5 Å². The van der Waals surface area contributed by atoms with Crippen LogP contribution < -0.4 is 0 Å². The van der Waals surface area contributed by atoms with Gasteiger partial charge in [-0.15, -0.1) is 0 Å². The number of pyridine rings is 1.